The average molecular weight is 633 g/mol. The fourth-order valence-corrected chi connectivity index (χ4v) is 7.09. The maximum absolute atomic E-state index is 14.3. The molecule has 6 atom stereocenters. The van der Waals surface area contributed by atoms with Crippen LogP contribution in [0.3, 0.4) is 0 Å². The fourth-order valence-electron chi connectivity index (χ4n) is 7.09. The molecule has 1 fully saturated rings. The Morgan fingerprint density at radius 1 is 0.957 bits per heavy atom. The number of fused-ring (bicyclic) bond motifs is 5. The molecule has 46 heavy (non-hydrogen) atoms. The lowest BCUT2D eigenvalue weighted by Gasteiger charge is -2.45. The summed E-state index contributed by atoms with van der Waals surface area (Å²) in [5.74, 6) is -3.76. The van der Waals surface area contributed by atoms with Gasteiger partial charge in [-0.05, 0) is 73.7 Å². The number of ether oxygens (including phenoxy) is 4. The third kappa shape index (κ3) is 4.65. The number of carbonyl (C=O) groups excluding carboxylic acids is 5. The van der Waals surface area contributed by atoms with E-state index in [0.717, 1.165) is 17.7 Å². The predicted molar refractivity (Wildman–Crippen MR) is 159 cm³/mol. The van der Waals surface area contributed by atoms with Gasteiger partial charge in [-0.1, -0.05) is 11.2 Å². The minimum absolute atomic E-state index is 0.0157. The summed E-state index contributed by atoms with van der Waals surface area (Å²) in [4.78, 5) is 72.4. The molecular formula is C33H32N2O11. The number of methoxy groups -OCH3 is 3. The smallest absolute Gasteiger partial charge is 0.357 e. The largest absolute Gasteiger partial charge is 0.411 e. The van der Waals surface area contributed by atoms with Crippen LogP contribution in [0.5, 0.6) is 0 Å². The number of ketones is 4. The zero-order valence-corrected chi connectivity index (χ0v) is 25.7. The van der Waals surface area contributed by atoms with Gasteiger partial charge in [0.2, 0.25) is 0 Å². The third-order valence-corrected chi connectivity index (χ3v) is 9.38. The maximum atomic E-state index is 14.3. The molecule has 1 heterocycles. The highest BCUT2D eigenvalue weighted by atomic mass is 16.7. The standard InChI is InChI=1S/C33H32N2O11/c1-14-10-16-8-9-33(44-5)25(27(38)21-12-19-20(13-22(21)30(33)39)24(37)7-6-23(19)36)18(16)11-17(14)32(40)46-35-31-29(43-4)26(34-41)28(42-3)15(2)45-31/h6-7,10-13,15,25,28-29,31,35,41H,8-9H2,1-5H3/t15-,25?,28-,29+,31-,33?/m0/s1. The lowest BCUT2D eigenvalue weighted by atomic mass is 9.61. The van der Waals surface area contributed by atoms with Crippen LogP contribution in [-0.4, -0.2) is 91.5 Å². The van der Waals surface area contributed by atoms with Gasteiger partial charge >= 0.3 is 5.97 Å². The fraction of sp³-hybridized carbons (Fsp3) is 0.394. The minimum Gasteiger partial charge on any atom is -0.411 e. The molecule has 2 aromatic carbocycles. The van der Waals surface area contributed by atoms with Crippen molar-refractivity contribution >= 4 is 34.8 Å². The van der Waals surface area contributed by atoms with Gasteiger partial charge in [0.25, 0.3) is 0 Å². The molecule has 0 radical (unpaired) electrons. The number of nitrogens with zero attached hydrogens (tertiary/aromatic N) is 1. The van der Waals surface area contributed by atoms with E-state index in [1.165, 1.54) is 39.5 Å². The van der Waals surface area contributed by atoms with Crippen LogP contribution in [0.25, 0.3) is 0 Å². The van der Waals surface area contributed by atoms with E-state index >= 15 is 0 Å². The van der Waals surface area contributed by atoms with Crippen LogP contribution in [-0.2, 0) is 30.2 Å². The summed E-state index contributed by atoms with van der Waals surface area (Å²) < 4.78 is 22.5. The number of hydrogen-bond acceptors (Lipinski definition) is 13. The van der Waals surface area contributed by atoms with Crippen LogP contribution in [0.4, 0.5) is 0 Å². The van der Waals surface area contributed by atoms with Crippen LogP contribution >= 0.6 is 0 Å². The van der Waals surface area contributed by atoms with Crippen molar-refractivity contribution in [2.75, 3.05) is 21.3 Å². The molecule has 2 unspecified atom stereocenters. The first kappa shape index (κ1) is 31.6. The monoisotopic (exact) mass is 632 g/mol. The number of nitrogens with one attached hydrogen (secondary N) is 1. The second-order valence-electron chi connectivity index (χ2n) is 11.7. The molecule has 13 heteroatoms. The number of rotatable bonds is 6. The lowest BCUT2D eigenvalue weighted by molar-refractivity contribution is -0.168. The Morgan fingerprint density at radius 2 is 1.61 bits per heavy atom. The van der Waals surface area contributed by atoms with Crippen LogP contribution in [0, 0.1) is 6.92 Å². The SMILES string of the molecule is CO[C@@H]1C(=NO)[C@@H](OC)[C@@H](NOC(=O)c2cc3c(cc2C)CCC2(OC)C(=O)c4cc5c(cc4C(=O)C32)C(=O)C=CC5=O)O[C@H]1C. The van der Waals surface area contributed by atoms with Crippen molar-refractivity contribution in [2.45, 2.75) is 62.7 Å². The number of hydrogen-bond donors (Lipinski definition) is 2. The summed E-state index contributed by atoms with van der Waals surface area (Å²) in [6.45, 7) is 3.41. The normalized spacial score (nSPS) is 29.2. The van der Waals surface area contributed by atoms with Gasteiger partial charge < -0.3 is 29.0 Å². The molecule has 0 bridgehead atoms. The third-order valence-electron chi connectivity index (χ3n) is 9.38. The van der Waals surface area contributed by atoms with Crippen molar-refractivity contribution < 1.29 is 53.0 Å². The summed E-state index contributed by atoms with van der Waals surface area (Å²) in [6, 6.07) is 5.92. The number of hydroxylamine groups is 1. The van der Waals surface area contributed by atoms with E-state index in [1.54, 1.807) is 19.9 Å². The van der Waals surface area contributed by atoms with Crippen LogP contribution in [0.1, 0.15) is 87.7 Å². The Hall–Kier alpha value is -4.40. The molecule has 0 aromatic heterocycles. The molecular weight excluding hydrogens is 600 g/mol. The summed E-state index contributed by atoms with van der Waals surface area (Å²) in [6.07, 6.45) is -0.454. The zero-order chi connectivity index (χ0) is 33.1. The van der Waals surface area contributed by atoms with Crippen LogP contribution in [0.15, 0.2) is 41.6 Å². The first-order valence-electron chi connectivity index (χ1n) is 14.6. The lowest BCUT2D eigenvalue weighted by Crippen LogP contribution is -2.60. The summed E-state index contributed by atoms with van der Waals surface area (Å²) >= 11 is 0. The highest BCUT2D eigenvalue weighted by Gasteiger charge is 2.57. The number of aryl methyl sites for hydroxylation is 2. The van der Waals surface area contributed by atoms with Gasteiger partial charge in [-0.3, -0.25) is 19.2 Å². The molecule has 0 spiro atoms. The Bertz CT molecular complexity index is 1760. The Balaban J connectivity index is 1.35. The van der Waals surface area contributed by atoms with Crippen molar-refractivity contribution in [1.29, 1.82) is 0 Å². The van der Waals surface area contributed by atoms with Gasteiger partial charge in [-0.2, -0.15) is 0 Å². The molecule has 2 aromatic rings. The molecule has 0 amide bonds. The van der Waals surface area contributed by atoms with Crippen LogP contribution in [0.2, 0.25) is 0 Å². The quantitative estimate of drug-likeness (QED) is 0.352. The van der Waals surface area contributed by atoms with Gasteiger partial charge in [0.1, 0.15) is 23.5 Å². The minimum atomic E-state index is -1.59. The van der Waals surface area contributed by atoms with Gasteiger partial charge in [0, 0.05) is 43.6 Å². The van der Waals surface area contributed by atoms with E-state index in [1.807, 2.05) is 0 Å². The number of benzene rings is 2. The molecule has 1 saturated heterocycles. The molecule has 3 aliphatic carbocycles. The molecule has 6 rings (SSSR count). The summed E-state index contributed by atoms with van der Waals surface area (Å²) in [5, 5.41) is 12.9. The van der Waals surface area contributed by atoms with E-state index in [4.69, 9.17) is 23.8 Å². The van der Waals surface area contributed by atoms with Crippen molar-refractivity contribution in [3.63, 3.8) is 0 Å². The van der Waals surface area contributed by atoms with E-state index in [2.05, 4.69) is 10.6 Å². The highest BCUT2D eigenvalue weighted by molar-refractivity contribution is 6.27. The number of oxime groups is 1. The summed E-state index contributed by atoms with van der Waals surface area (Å²) in [7, 11) is 4.16. The van der Waals surface area contributed by atoms with Crippen molar-refractivity contribution in [1.82, 2.24) is 5.48 Å². The Labute approximate surface area is 263 Å². The van der Waals surface area contributed by atoms with Gasteiger partial charge in [-0.15, -0.1) is 5.48 Å². The second-order valence-corrected chi connectivity index (χ2v) is 11.7. The molecule has 240 valence electrons. The molecule has 13 nitrogen and oxygen atoms in total. The first-order chi connectivity index (χ1) is 22.0. The molecule has 4 aliphatic rings. The first-order valence-corrected chi connectivity index (χ1v) is 14.6. The summed E-state index contributed by atoms with van der Waals surface area (Å²) in [5.41, 5.74) is 3.11. The number of allylic oxidation sites excluding steroid dienone is 2. The predicted octanol–water partition coefficient (Wildman–Crippen LogP) is 2.69. The zero-order valence-electron chi connectivity index (χ0n) is 25.7. The average Bonchev–Trinajstić information content (AvgIpc) is 3.06. The second kappa shape index (κ2) is 11.8. The maximum Gasteiger partial charge on any atom is 0.357 e. The van der Waals surface area contributed by atoms with Crippen molar-refractivity contribution in [3.05, 3.63) is 80.9 Å². The molecule has 1 aliphatic heterocycles. The highest BCUT2D eigenvalue weighted by Crippen LogP contribution is 2.49. The number of Topliss-reactive ketones (excluding diaryl/α,β-unsaturated/α-hetero) is 2. The van der Waals surface area contributed by atoms with E-state index in [0.29, 0.717) is 17.5 Å². The topological polar surface area (TPSA) is 176 Å². The Kier molecular flexibility index (Phi) is 8.07. The number of carbonyl (C=O) groups is 5. The van der Waals surface area contributed by atoms with Gasteiger partial charge in [0.15, 0.2) is 29.4 Å². The Morgan fingerprint density at radius 3 is 2.22 bits per heavy atom. The van der Waals surface area contributed by atoms with Crippen molar-refractivity contribution in [3.8, 4) is 0 Å². The van der Waals surface area contributed by atoms with E-state index < -0.39 is 65.2 Å². The van der Waals surface area contributed by atoms with Gasteiger partial charge in [0.05, 0.1) is 17.6 Å². The van der Waals surface area contributed by atoms with E-state index in [9.17, 15) is 29.2 Å². The van der Waals surface area contributed by atoms with Crippen LogP contribution < -0.4 is 5.48 Å². The van der Waals surface area contributed by atoms with E-state index in [-0.39, 0.29) is 39.9 Å². The molecule has 0 saturated carbocycles. The molecule has 2 N–H and O–H groups in total. The van der Waals surface area contributed by atoms with Crippen molar-refractivity contribution in [2.24, 2.45) is 5.16 Å². The van der Waals surface area contributed by atoms with Gasteiger partial charge in [-0.25, -0.2) is 4.79 Å².